The highest BCUT2D eigenvalue weighted by Gasteiger charge is 2.17. The van der Waals surface area contributed by atoms with Crippen LogP contribution in [0.3, 0.4) is 0 Å². The van der Waals surface area contributed by atoms with Crippen molar-refractivity contribution in [2.45, 2.75) is 52.5 Å². The predicted molar refractivity (Wildman–Crippen MR) is 65.1 cm³/mol. The van der Waals surface area contributed by atoms with Gasteiger partial charge in [0.25, 0.3) is 0 Å². The van der Waals surface area contributed by atoms with Gasteiger partial charge in [-0.2, -0.15) is 0 Å². The van der Waals surface area contributed by atoms with E-state index in [9.17, 15) is 0 Å². The van der Waals surface area contributed by atoms with Crippen molar-refractivity contribution < 1.29 is 4.74 Å². The largest absolute Gasteiger partial charge is 0.381 e. The maximum atomic E-state index is 5.39. The first-order valence-electron chi connectivity index (χ1n) is 6.57. The van der Waals surface area contributed by atoms with Crippen LogP contribution in [-0.2, 0) is 4.74 Å². The van der Waals surface area contributed by atoms with Crippen molar-refractivity contribution in [3.05, 3.63) is 0 Å². The molecule has 1 aliphatic heterocycles. The predicted octanol–water partition coefficient (Wildman–Crippen LogP) is 2.83. The SMILES string of the molecule is CCC(C)CC(CC)NCC1CCOC1. The molecule has 0 aromatic rings. The first-order chi connectivity index (χ1) is 7.26. The lowest BCUT2D eigenvalue weighted by Crippen LogP contribution is -2.34. The molecule has 15 heavy (non-hydrogen) atoms. The molecule has 1 heterocycles. The van der Waals surface area contributed by atoms with Crippen molar-refractivity contribution in [2.24, 2.45) is 11.8 Å². The van der Waals surface area contributed by atoms with Gasteiger partial charge in [0.1, 0.15) is 0 Å². The lowest BCUT2D eigenvalue weighted by atomic mass is 9.97. The fraction of sp³-hybridized carbons (Fsp3) is 1.00. The third-order valence-corrected chi connectivity index (χ3v) is 3.60. The van der Waals surface area contributed by atoms with Crippen LogP contribution in [-0.4, -0.2) is 25.8 Å². The minimum Gasteiger partial charge on any atom is -0.381 e. The van der Waals surface area contributed by atoms with Gasteiger partial charge in [0.2, 0.25) is 0 Å². The Bertz CT molecular complexity index is 155. The number of hydrogen-bond donors (Lipinski definition) is 1. The lowest BCUT2D eigenvalue weighted by molar-refractivity contribution is 0.184. The number of nitrogens with one attached hydrogen (secondary N) is 1. The molecule has 2 nitrogen and oxygen atoms in total. The van der Waals surface area contributed by atoms with Gasteiger partial charge in [0, 0.05) is 19.2 Å². The minimum absolute atomic E-state index is 0.709. The fourth-order valence-electron chi connectivity index (χ4n) is 2.12. The first-order valence-corrected chi connectivity index (χ1v) is 6.57. The highest BCUT2D eigenvalue weighted by Crippen LogP contribution is 2.14. The molecule has 0 aromatic carbocycles. The van der Waals surface area contributed by atoms with E-state index in [-0.39, 0.29) is 0 Å². The monoisotopic (exact) mass is 213 g/mol. The fourth-order valence-corrected chi connectivity index (χ4v) is 2.12. The Morgan fingerprint density at radius 1 is 1.33 bits per heavy atom. The van der Waals surface area contributed by atoms with Crippen molar-refractivity contribution in [3.8, 4) is 0 Å². The standard InChI is InChI=1S/C13H27NO/c1-4-11(3)8-13(5-2)14-9-12-6-7-15-10-12/h11-14H,4-10H2,1-3H3. The quantitative estimate of drug-likeness (QED) is 0.702. The van der Waals surface area contributed by atoms with Crippen molar-refractivity contribution in [1.82, 2.24) is 5.32 Å². The van der Waals surface area contributed by atoms with Gasteiger partial charge in [-0.15, -0.1) is 0 Å². The molecule has 0 aliphatic carbocycles. The van der Waals surface area contributed by atoms with E-state index < -0.39 is 0 Å². The van der Waals surface area contributed by atoms with Crippen LogP contribution in [0, 0.1) is 11.8 Å². The van der Waals surface area contributed by atoms with Crippen LogP contribution in [0.25, 0.3) is 0 Å². The Hall–Kier alpha value is -0.0800. The molecule has 0 saturated carbocycles. The minimum atomic E-state index is 0.709. The van der Waals surface area contributed by atoms with Crippen molar-refractivity contribution in [1.29, 1.82) is 0 Å². The lowest BCUT2D eigenvalue weighted by Gasteiger charge is -2.21. The third-order valence-electron chi connectivity index (χ3n) is 3.60. The van der Waals surface area contributed by atoms with Crippen molar-refractivity contribution in [3.63, 3.8) is 0 Å². The van der Waals surface area contributed by atoms with E-state index in [1.807, 2.05) is 0 Å². The van der Waals surface area contributed by atoms with Gasteiger partial charge in [0.15, 0.2) is 0 Å². The van der Waals surface area contributed by atoms with Crippen LogP contribution in [0.4, 0.5) is 0 Å². The zero-order valence-electron chi connectivity index (χ0n) is 10.6. The molecule has 3 atom stereocenters. The van der Waals surface area contributed by atoms with Crippen LogP contribution in [0.15, 0.2) is 0 Å². The summed E-state index contributed by atoms with van der Waals surface area (Å²) >= 11 is 0. The second-order valence-electron chi connectivity index (χ2n) is 4.99. The van der Waals surface area contributed by atoms with E-state index in [0.29, 0.717) is 6.04 Å². The first kappa shape index (κ1) is 13.0. The number of rotatable bonds is 7. The Morgan fingerprint density at radius 3 is 2.67 bits per heavy atom. The summed E-state index contributed by atoms with van der Waals surface area (Å²) in [6.07, 6.45) is 5.11. The zero-order valence-corrected chi connectivity index (χ0v) is 10.6. The summed E-state index contributed by atoms with van der Waals surface area (Å²) in [5.41, 5.74) is 0. The summed E-state index contributed by atoms with van der Waals surface area (Å²) in [7, 11) is 0. The van der Waals surface area contributed by atoms with Gasteiger partial charge in [0.05, 0.1) is 6.61 Å². The second kappa shape index (κ2) is 7.24. The van der Waals surface area contributed by atoms with Crippen LogP contribution in [0.5, 0.6) is 0 Å². The molecule has 3 unspecified atom stereocenters. The molecule has 1 aliphatic rings. The highest BCUT2D eigenvalue weighted by atomic mass is 16.5. The molecule has 1 saturated heterocycles. The maximum absolute atomic E-state index is 5.39. The van der Waals surface area contributed by atoms with Gasteiger partial charge < -0.3 is 10.1 Å². The van der Waals surface area contributed by atoms with Crippen LogP contribution in [0.2, 0.25) is 0 Å². The second-order valence-corrected chi connectivity index (χ2v) is 4.99. The third kappa shape index (κ3) is 4.98. The van der Waals surface area contributed by atoms with E-state index >= 15 is 0 Å². The van der Waals surface area contributed by atoms with Gasteiger partial charge in [-0.05, 0) is 31.1 Å². The zero-order chi connectivity index (χ0) is 11.1. The molecule has 90 valence electrons. The molecule has 1 N–H and O–H groups in total. The molecule has 0 radical (unpaired) electrons. The van der Waals surface area contributed by atoms with Gasteiger partial charge >= 0.3 is 0 Å². The molecule has 2 heteroatoms. The van der Waals surface area contributed by atoms with Crippen LogP contribution in [0.1, 0.15) is 46.5 Å². The molecule has 1 fully saturated rings. The van der Waals surface area contributed by atoms with Gasteiger partial charge in [-0.1, -0.05) is 27.2 Å². The summed E-state index contributed by atoms with van der Waals surface area (Å²) in [5, 5.41) is 3.70. The average molecular weight is 213 g/mol. The summed E-state index contributed by atoms with van der Waals surface area (Å²) in [6.45, 7) is 9.99. The maximum Gasteiger partial charge on any atom is 0.0507 e. The molecular formula is C13H27NO. The van der Waals surface area contributed by atoms with Crippen molar-refractivity contribution >= 4 is 0 Å². The summed E-state index contributed by atoms with van der Waals surface area (Å²) in [6, 6.07) is 0.709. The smallest absolute Gasteiger partial charge is 0.0507 e. The molecule has 0 amide bonds. The van der Waals surface area contributed by atoms with Crippen molar-refractivity contribution in [2.75, 3.05) is 19.8 Å². The number of hydrogen-bond acceptors (Lipinski definition) is 2. The Kier molecular flexibility index (Phi) is 6.26. The average Bonchev–Trinajstić information content (AvgIpc) is 2.76. The highest BCUT2D eigenvalue weighted by molar-refractivity contribution is 4.73. The van der Waals surface area contributed by atoms with E-state index in [1.165, 1.54) is 25.7 Å². The van der Waals surface area contributed by atoms with Crippen LogP contribution >= 0.6 is 0 Å². The Morgan fingerprint density at radius 2 is 2.13 bits per heavy atom. The summed E-state index contributed by atoms with van der Waals surface area (Å²) in [5.74, 6) is 1.61. The van der Waals surface area contributed by atoms with Crippen LogP contribution < -0.4 is 5.32 Å². The van der Waals surface area contributed by atoms with E-state index in [4.69, 9.17) is 4.74 Å². The van der Waals surface area contributed by atoms with E-state index in [1.54, 1.807) is 0 Å². The van der Waals surface area contributed by atoms with Gasteiger partial charge in [-0.3, -0.25) is 0 Å². The molecule has 1 rings (SSSR count). The molecule has 0 aromatic heterocycles. The topological polar surface area (TPSA) is 21.3 Å². The normalized spacial score (nSPS) is 25.4. The number of ether oxygens (including phenoxy) is 1. The Balaban J connectivity index is 2.14. The Labute approximate surface area is 94.8 Å². The van der Waals surface area contributed by atoms with E-state index in [0.717, 1.165) is 31.6 Å². The van der Waals surface area contributed by atoms with E-state index in [2.05, 4.69) is 26.1 Å². The molecular weight excluding hydrogens is 186 g/mol. The van der Waals surface area contributed by atoms with Gasteiger partial charge in [-0.25, -0.2) is 0 Å². The summed E-state index contributed by atoms with van der Waals surface area (Å²) < 4.78 is 5.39. The molecule has 0 bridgehead atoms. The summed E-state index contributed by atoms with van der Waals surface area (Å²) in [4.78, 5) is 0. The molecule has 0 spiro atoms.